The number of carbonyl (C=O) groups excluding carboxylic acids is 2. The summed E-state index contributed by atoms with van der Waals surface area (Å²) in [5, 5.41) is 0. The normalized spacial score (nSPS) is 19.3. The maximum absolute atomic E-state index is 13.8. The van der Waals surface area contributed by atoms with E-state index in [-0.39, 0.29) is 11.5 Å². The fraction of sp³-hybridized carbons (Fsp3) is 0.778. The molecule has 1 aliphatic rings. The Balaban J connectivity index is 2.69. The predicted molar refractivity (Wildman–Crippen MR) is 87.0 cm³/mol. The maximum Gasteiger partial charge on any atom is 0.422 e. The lowest BCUT2D eigenvalue weighted by atomic mass is 9.89. The summed E-state index contributed by atoms with van der Waals surface area (Å²) in [5.74, 6) is -1.60. The highest BCUT2D eigenvalue weighted by molar-refractivity contribution is 5.86. The van der Waals surface area contributed by atoms with Gasteiger partial charge in [0, 0.05) is 5.57 Å². The van der Waals surface area contributed by atoms with Crippen LogP contribution in [0, 0.1) is 5.92 Å². The highest BCUT2D eigenvalue weighted by Crippen LogP contribution is 2.37. The molecule has 2 atom stereocenters. The van der Waals surface area contributed by atoms with E-state index in [2.05, 4.69) is 6.58 Å². The van der Waals surface area contributed by atoms with E-state index in [1.807, 2.05) is 0 Å². The fourth-order valence-electron chi connectivity index (χ4n) is 2.64. The van der Waals surface area contributed by atoms with Crippen LogP contribution in [0.2, 0.25) is 0 Å². The molecule has 150 valence electrons. The van der Waals surface area contributed by atoms with Crippen molar-refractivity contribution < 1.29 is 36.6 Å². The van der Waals surface area contributed by atoms with Crippen LogP contribution in [0.1, 0.15) is 58.8 Å². The number of esters is 2. The molecule has 1 rings (SSSR count). The molecule has 0 heterocycles. The topological polar surface area (TPSA) is 52.6 Å². The van der Waals surface area contributed by atoms with Crippen molar-refractivity contribution in [1.29, 1.82) is 0 Å². The average Bonchev–Trinajstić information content (AvgIpc) is 2.56. The third-order valence-corrected chi connectivity index (χ3v) is 4.50. The lowest BCUT2D eigenvalue weighted by molar-refractivity contribution is -0.227. The molecular weight excluding hydrogens is 356 g/mol. The van der Waals surface area contributed by atoms with Gasteiger partial charge in [-0.25, -0.2) is 9.18 Å². The van der Waals surface area contributed by atoms with Crippen LogP contribution in [0.15, 0.2) is 12.2 Å². The van der Waals surface area contributed by atoms with Crippen LogP contribution in [0.25, 0.3) is 0 Å². The highest BCUT2D eigenvalue weighted by atomic mass is 19.4. The van der Waals surface area contributed by atoms with Gasteiger partial charge in [0.25, 0.3) is 0 Å². The van der Waals surface area contributed by atoms with E-state index in [1.54, 1.807) is 0 Å². The molecule has 0 N–H and O–H groups in total. The van der Waals surface area contributed by atoms with Gasteiger partial charge in [-0.2, -0.15) is 13.2 Å². The Morgan fingerprint density at radius 1 is 1.15 bits per heavy atom. The summed E-state index contributed by atoms with van der Waals surface area (Å²) < 4.78 is 62.0. The molecule has 0 aliphatic heterocycles. The molecule has 1 fully saturated rings. The van der Waals surface area contributed by atoms with Crippen LogP contribution in [0.4, 0.5) is 17.6 Å². The summed E-state index contributed by atoms with van der Waals surface area (Å²) in [5.41, 5.74) is -3.31. The second-order valence-electron chi connectivity index (χ2n) is 7.01. The van der Waals surface area contributed by atoms with Crippen LogP contribution >= 0.6 is 0 Å². The minimum atomic E-state index is -5.03. The van der Waals surface area contributed by atoms with Crippen molar-refractivity contribution >= 4 is 11.9 Å². The largest absolute Gasteiger partial charge is 0.459 e. The molecule has 0 bridgehead atoms. The molecule has 0 amide bonds. The van der Waals surface area contributed by atoms with Gasteiger partial charge in [0.15, 0.2) is 0 Å². The number of hydrogen-bond donors (Lipinski definition) is 0. The van der Waals surface area contributed by atoms with Gasteiger partial charge in [-0.3, -0.25) is 4.79 Å². The van der Waals surface area contributed by atoms with Gasteiger partial charge in [-0.1, -0.05) is 25.8 Å². The van der Waals surface area contributed by atoms with Crippen LogP contribution in [-0.4, -0.2) is 36.5 Å². The molecule has 0 spiro atoms. The van der Waals surface area contributed by atoms with E-state index >= 15 is 0 Å². The van der Waals surface area contributed by atoms with E-state index < -0.39 is 49.3 Å². The van der Waals surface area contributed by atoms with Gasteiger partial charge in [0.2, 0.25) is 5.67 Å². The van der Waals surface area contributed by atoms with Crippen LogP contribution in [-0.2, 0) is 19.1 Å². The van der Waals surface area contributed by atoms with E-state index in [1.165, 1.54) is 6.92 Å². The summed E-state index contributed by atoms with van der Waals surface area (Å²) in [4.78, 5) is 23.7. The minimum Gasteiger partial charge on any atom is -0.459 e. The Bertz CT molecular complexity index is 508. The molecular formula is C18H26F4O4. The molecule has 1 aliphatic carbocycles. The quantitative estimate of drug-likeness (QED) is 0.348. The second kappa shape index (κ2) is 9.37. The predicted octanol–water partition coefficient (Wildman–Crippen LogP) is 4.67. The first-order valence-corrected chi connectivity index (χ1v) is 8.73. The standard InChI is InChI=1S/C18H26F4O4/c1-12(2)15(23)25-11-14(9-10-17(3,19)18(20,21)22)26-16(24)13-7-5-4-6-8-13/h13-14H,1,4-11H2,2-3H3. The molecule has 2 unspecified atom stereocenters. The number of rotatable bonds is 8. The van der Waals surface area contributed by atoms with E-state index in [0.717, 1.165) is 19.3 Å². The van der Waals surface area contributed by atoms with Crippen molar-refractivity contribution in [3.05, 3.63) is 12.2 Å². The Labute approximate surface area is 150 Å². The summed E-state index contributed by atoms with van der Waals surface area (Å²) >= 11 is 0. The fourth-order valence-corrected chi connectivity index (χ4v) is 2.64. The summed E-state index contributed by atoms with van der Waals surface area (Å²) in [6.45, 7) is 4.81. The van der Waals surface area contributed by atoms with Crippen molar-refractivity contribution in [2.75, 3.05) is 6.61 Å². The van der Waals surface area contributed by atoms with Gasteiger partial charge in [0.05, 0.1) is 5.92 Å². The van der Waals surface area contributed by atoms with Gasteiger partial charge < -0.3 is 9.47 Å². The van der Waals surface area contributed by atoms with Crippen molar-refractivity contribution in [1.82, 2.24) is 0 Å². The van der Waals surface area contributed by atoms with E-state index in [9.17, 15) is 27.2 Å². The highest BCUT2D eigenvalue weighted by Gasteiger charge is 2.51. The number of alkyl halides is 4. The number of halogens is 4. The summed E-state index contributed by atoms with van der Waals surface area (Å²) in [6.07, 6.45) is -3.38. The van der Waals surface area contributed by atoms with Gasteiger partial charge in [0.1, 0.15) is 12.7 Å². The Morgan fingerprint density at radius 3 is 2.23 bits per heavy atom. The lowest BCUT2D eigenvalue weighted by Crippen LogP contribution is -2.39. The molecule has 4 nitrogen and oxygen atoms in total. The smallest absolute Gasteiger partial charge is 0.422 e. The number of hydrogen-bond acceptors (Lipinski definition) is 4. The van der Waals surface area contributed by atoms with Gasteiger partial charge in [-0.05, 0) is 39.5 Å². The zero-order valence-corrected chi connectivity index (χ0v) is 15.2. The van der Waals surface area contributed by atoms with Gasteiger partial charge >= 0.3 is 18.1 Å². The van der Waals surface area contributed by atoms with Crippen molar-refractivity contribution in [3.8, 4) is 0 Å². The molecule has 0 radical (unpaired) electrons. The first-order chi connectivity index (χ1) is 11.9. The molecule has 1 saturated carbocycles. The van der Waals surface area contributed by atoms with Crippen molar-refractivity contribution in [2.24, 2.45) is 5.92 Å². The minimum absolute atomic E-state index is 0.105. The zero-order chi connectivity index (χ0) is 20.0. The number of ether oxygens (including phenoxy) is 2. The summed E-state index contributed by atoms with van der Waals surface area (Å²) in [7, 11) is 0. The molecule has 0 aromatic heterocycles. The third-order valence-electron chi connectivity index (χ3n) is 4.50. The Hall–Kier alpha value is -1.60. The first kappa shape index (κ1) is 22.4. The molecule has 0 aromatic carbocycles. The second-order valence-corrected chi connectivity index (χ2v) is 7.01. The van der Waals surface area contributed by atoms with Crippen molar-refractivity contribution in [3.63, 3.8) is 0 Å². The monoisotopic (exact) mass is 382 g/mol. The lowest BCUT2D eigenvalue weighted by Gasteiger charge is -2.27. The van der Waals surface area contributed by atoms with Crippen LogP contribution < -0.4 is 0 Å². The summed E-state index contributed by atoms with van der Waals surface area (Å²) in [6, 6.07) is 0. The third kappa shape index (κ3) is 6.96. The van der Waals surface area contributed by atoms with E-state index in [0.29, 0.717) is 19.8 Å². The van der Waals surface area contributed by atoms with Gasteiger partial charge in [-0.15, -0.1) is 0 Å². The SMILES string of the molecule is C=C(C)C(=O)OCC(CCC(C)(F)C(F)(F)F)OC(=O)C1CCCCC1. The van der Waals surface area contributed by atoms with Crippen molar-refractivity contribution in [2.45, 2.75) is 76.7 Å². The maximum atomic E-state index is 13.8. The number of carbonyl (C=O) groups is 2. The molecule has 0 saturated heterocycles. The molecule has 26 heavy (non-hydrogen) atoms. The zero-order valence-electron chi connectivity index (χ0n) is 15.2. The van der Waals surface area contributed by atoms with E-state index in [4.69, 9.17) is 9.47 Å². The Morgan fingerprint density at radius 2 is 1.73 bits per heavy atom. The average molecular weight is 382 g/mol. The Kier molecular flexibility index (Phi) is 8.09. The first-order valence-electron chi connectivity index (χ1n) is 8.73. The van der Waals surface area contributed by atoms with Crippen LogP contribution in [0.3, 0.4) is 0 Å². The molecule has 8 heteroatoms. The van der Waals surface area contributed by atoms with Crippen LogP contribution in [0.5, 0.6) is 0 Å². The molecule has 0 aromatic rings.